The summed E-state index contributed by atoms with van der Waals surface area (Å²) in [6.45, 7) is 0. The van der Waals surface area contributed by atoms with Crippen LogP contribution in [0.25, 0.3) is 0 Å². The smallest absolute Gasteiger partial charge is 0.759 e. The molecular weight excluding hydrogens is 192 g/mol. The first-order valence-electron chi connectivity index (χ1n) is 1.62. The van der Waals surface area contributed by atoms with Crippen molar-refractivity contribution in [2.45, 2.75) is 0 Å². The van der Waals surface area contributed by atoms with Gasteiger partial charge in [0.25, 0.3) is 0 Å². The maximum atomic E-state index is 9.00. The first kappa shape index (κ1) is 17.0. The van der Waals surface area contributed by atoms with E-state index < -0.39 is 16.4 Å². The second kappa shape index (κ2) is 7.88. The quantitative estimate of drug-likeness (QED) is 0.161. The Morgan fingerprint density at radius 2 is 1.45 bits per heavy atom. The minimum atomic E-state index is -5.17. The fourth-order valence-electron chi connectivity index (χ4n) is 0. The zero-order valence-corrected chi connectivity index (χ0v) is 7.32. The van der Waals surface area contributed by atoms with Crippen LogP contribution in [0.5, 0.6) is 0 Å². The molecule has 0 fully saturated rings. The summed E-state index contributed by atoms with van der Waals surface area (Å²) in [7, 11) is -5.17. The number of aliphatic carboxylic acids is 1. The predicted molar refractivity (Wildman–Crippen MR) is 29.9 cm³/mol. The predicted octanol–water partition coefficient (Wildman–Crippen LogP) is -2.45. The van der Waals surface area contributed by atoms with Gasteiger partial charge in [0.05, 0.1) is 0 Å². The first-order valence-corrected chi connectivity index (χ1v) is 2.95. The van der Waals surface area contributed by atoms with Crippen LogP contribution in [0, 0.1) is 0 Å². The van der Waals surface area contributed by atoms with Gasteiger partial charge >= 0.3 is 29.0 Å². The molecule has 7 nitrogen and oxygen atoms in total. The maximum absolute atomic E-state index is 9.00. The molecule has 0 aliphatic carbocycles. The summed E-state index contributed by atoms with van der Waals surface area (Å²) in [5.74, 6) is -1.43. The maximum Gasteiger partial charge on any atom is 2.00 e. The van der Waals surface area contributed by atoms with Gasteiger partial charge in [-0.15, -0.1) is 0 Å². The summed E-state index contributed by atoms with van der Waals surface area (Å²) in [5.41, 5.74) is 0. The second-order valence-corrected chi connectivity index (χ2v) is 1.68. The molecule has 0 saturated heterocycles. The van der Waals surface area contributed by atoms with Gasteiger partial charge < -0.3 is 14.2 Å². The van der Waals surface area contributed by atoms with Gasteiger partial charge in [-0.25, -0.2) is 4.79 Å². The minimum Gasteiger partial charge on any atom is -0.759 e. The van der Waals surface area contributed by atoms with Gasteiger partial charge in [0, 0.05) is 10.4 Å². The van der Waals surface area contributed by atoms with Crippen LogP contribution in [-0.4, -0.2) is 57.9 Å². The topological polar surface area (TPSA) is 135 Å². The Hall–Kier alpha value is -0.224. The average molecular weight is 194 g/mol. The van der Waals surface area contributed by atoms with Crippen molar-refractivity contribution in [3.05, 3.63) is 0 Å². The average Bonchev–Trinajstić information content (AvgIpc) is 1.61. The van der Waals surface area contributed by atoms with Crippen molar-refractivity contribution in [2.24, 2.45) is 0 Å². The molecule has 0 aromatic rings. The van der Waals surface area contributed by atoms with E-state index in [-0.39, 0.29) is 29.3 Å². The van der Waals surface area contributed by atoms with E-state index in [0.29, 0.717) is 0 Å². The molecule has 0 unspecified atom stereocenters. The van der Waals surface area contributed by atoms with Crippen molar-refractivity contribution < 1.29 is 32.2 Å². The van der Waals surface area contributed by atoms with Crippen LogP contribution in [0.2, 0.25) is 0 Å². The van der Waals surface area contributed by atoms with Crippen molar-refractivity contribution in [1.82, 2.24) is 0 Å². The van der Waals surface area contributed by atoms with Gasteiger partial charge in [0.2, 0.25) is 6.29 Å². The van der Waals surface area contributed by atoms with Gasteiger partial charge in [0.1, 0.15) is 0 Å². The second-order valence-electron chi connectivity index (χ2n) is 0.864. The van der Waals surface area contributed by atoms with E-state index in [1.807, 2.05) is 0 Å². The molecular formula is C2H2MgO7S. The van der Waals surface area contributed by atoms with E-state index >= 15 is 0 Å². The Labute approximate surface area is 78.1 Å². The van der Waals surface area contributed by atoms with Gasteiger partial charge in [-0.1, -0.05) is 0 Å². The Morgan fingerprint density at radius 1 is 1.36 bits per heavy atom. The van der Waals surface area contributed by atoms with Crippen molar-refractivity contribution in [3.63, 3.8) is 0 Å². The van der Waals surface area contributed by atoms with Gasteiger partial charge in [-0.3, -0.25) is 13.2 Å². The third-order valence-corrected chi connectivity index (χ3v) is 0.101. The number of rotatable bonds is 1. The van der Waals surface area contributed by atoms with E-state index in [4.69, 9.17) is 32.2 Å². The number of carboxylic acid groups (broad SMARTS) is 1. The third-order valence-electron chi connectivity index (χ3n) is 0.101. The fraction of sp³-hybridized carbons (Fsp3) is 0. The number of hydrogen-bond donors (Lipinski definition) is 1. The summed E-state index contributed by atoms with van der Waals surface area (Å²) in [6, 6.07) is 0. The fourth-order valence-corrected chi connectivity index (χ4v) is 0. The van der Waals surface area contributed by atoms with Gasteiger partial charge in [-0.05, 0) is 0 Å². The summed E-state index contributed by atoms with van der Waals surface area (Å²) in [6.07, 6.45) is -0.167. The van der Waals surface area contributed by atoms with Crippen LogP contribution in [0.4, 0.5) is 0 Å². The van der Waals surface area contributed by atoms with Crippen molar-refractivity contribution >= 4 is 45.7 Å². The summed E-state index contributed by atoms with van der Waals surface area (Å²) < 4.78 is 34.1. The van der Waals surface area contributed by atoms with Crippen LogP contribution in [0.15, 0.2) is 0 Å². The van der Waals surface area contributed by atoms with Crippen LogP contribution in [-0.2, 0) is 20.0 Å². The molecule has 9 heteroatoms. The Kier molecular flexibility index (Phi) is 12.2. The number of hydrogen-bond acceptors (Lipinski definition) is 6. The largest absolute Gasteiger partial charge is 2.00 e. The van der Waals surface area contributed by atoms with Crippen molar-refractivity contribution in [1.29, 1.82) is 0 Å². The molecule has 60 valence electrons. The molecule has 11 heavy (non-hydrogen) atoms. The Bertz CT molecular complexity index is 196. The molecule has 0 saturated carbocycles. The van der Waals surface area contributed by atoms with E-state index in [1.165, 1.54) is 0 Å². The van der Waals surface area contributed by atoms with Crippen LogP contribution in [0.1, 0.15) is 0 Å². The molecule has 0 aromatic heterocycles. The monoisotopic (exact) mass is 194 g/mol. The molecule has 0 amide bonds. The molecule has 1 N–H and O–H groups in total. The molecule has 0 aromatic carbocycles. The first-order chi connectivity index (χ1) is 4.27. The standard InChI is InChI=1S/C2H2O3.Mg.H2O4S/c3-1-2(4)5;;1-5(2,3)4/h1H,(H,4,5);;(H2,1,2,3,4)/q;+2;/p-2. The molecule has 0 aliphatic rings. The number of aldehydes is 1. The third kappa shape index (κ3) is 187. The van der Waals surface area contributed by atoms with Crippen LogP contribution < -0.4 is 0 Å². The van der Waals surface area contributed by atoms with Crippen LogP contribution >= 0.6 is 0 Å². The zero-order valence-electron chi connectivity index (χ0n) is 5.09. The molecule has 0 bridgehead atoms. The number of carboxylic acids is 1. The van der Waals surface area contributed by atoms with Crippen molar-refractivity contribution in [3.8, 4) is 0 Å². The molecule has 0 radical (unpaired) electrons. The number of carbonyl (C=O) groups is 2. The number of carbonyl (C=O) groups excluding carboxylic acids is 1. The van der Waals surface area contributed by atoms with Gasteiger partial charge in [-0.2, -0.15) is 0 Å². The van der Waals surface area contributed by atoms with E-state index in [9.17, 15) is 0 Å². The normalized spacial score (nSPS) is 8.18. The minimum absolute atomic E-state index is 0. The molecule has 0 rings (SSSR count). The summed E-state index contributed by atoms with van der Waals surface area (Å²) in [5, 5.41) is 7.35. The van der Waals surface area contributed by atoms with Crippen molar-refractivity contribution in [2.75, 3.05) is 0 Å². The van der Waals surface area contributed by atoms with Crippen LogP contribution in [0.3, 0.4) is 0 Å². The summed E-state index contributed by atoms with van der Waals surface area (Å²) >= 11 is 0. The molecule has 0 spiro atoms. The SMILES string of the molecule is O=CC(=O)O.O=S(=O)([O-])[O-].[Mg+2]. The Morgan fingerprint density at radius 3 is 1.45 bits per heavy atom. The summed E-state index contributed by atoms with van der Waals surface area (Å²) in [4.78, 5) is 17.9. The Balaban J connectivity index is -0.000000107. The van der Waals surface area contributed by atoms with E-state index in [1.54, 1.807) is 0 Å². The zero-order chi connectivity index (χ0) is 8.78. The van der Waals surface area contributed by atoms with Gasteiger partial charge in [0.15, 0.2) is 0 Å². The van der Waals surface area contributed by atoms with E-state index in [0.717, 1.165) is 0 Å². The molecule has 0 atom stereocenters. The molecule has 0 aliphatic heterocycles. The van der Waals surface area contributed by atoms with E-state index in [2.05, 4.69) is 0 Å². The molecule has 0 heterocycles.